The summed E-state index contributed by atoms with van der Waals surface area (Å²) in [5.74, 6) is 0. The highest BCUT2D eigenvalue weighted by Crippen LogP contribution is 2.51. The van der Waals surface area contributed by atoms with Crippen molar-refractivity contribution < 1.29 is 4.42 Å². The zero-order valence-corrected chi connectivity index (χ0v) is 26.6. The molecule has 0 spiro atoms. The Morgan fingerprint density at radius 3 is 1.24 bits per heavy atom. The molecule has 226 valence electrons. The second-order valence-corrected chi connectivity index (χ2v) is 13.2. The molecular formula is C48H28O. The Hall–Kier alpha value is -6.44. The van der Waals surface area contributed by atoms with Gasteiger partial charge in [0.1, 0.15) is 11.2 Å². The number of fused-ring (bicyclic) bond motifs is 17. The van der Waals surface area contributed by atoms with E-state index in [1.165, 1.54) is 76.8 Å². The first-order valence-electron chi connectivity index (χ1n) is 16.9. The molecule has 0 N–H and O–H groups in total. The van der Waals surface area contributed by atoms with Gasteiger partial charge in [0.2, 0.25) is 0 Å². The van der Waals surface area contributed by atoms with Crippen LogP contribution < -0.4 is 0 Å². The van der Waals surface area contributed by atoms with Crippen LogP contribution in [0.3, 0.4) is 0 Å². The molecule has 0 bridgehead atoms. The summed E-state index contributed by atoms with van der Waals surface area (Å²) in [5, 5.41) is 10.0. The van der Waals surface area contributed by atoms with E-state index in [0.29, 0.717) is 0 Å². The molecule has 0 unspecified atom stereocenters. The number of hydrogen-bond acceptors (Lipinski definition) is 1. The fraction of sp³-hybridized carbons (Fsp3) is 0. The third kappa shape index (κ3) is 3.76. The first kappa shape index (κ1) is 26.6. The largest absolute Gasteiger partial charge is 0.455 e. The van der Waals surface area contributed by atoms with Gasteiger partial charge in [-0.25, -0.2) is 0 Å². The molecule has 1 aromatic heterocycles. The first-order valence-corrected chi connectivity index (χ1v) is 16.9. The van der Waals surface area contributed by atoms with Gasteiger partial charge in [-0.1, -0.05) is 146 Å². The van der Waals surface area contributed by atoms with Crippen LogP contribution in [0.2, 0.25) is 0 Å². The fourth-order valence-corrected chi connectivity index (χ4v) is 8.45. The lowest BCUT2D eigenvalue weighted by Gasteiger charge is -2.25. The van der Waals surface area contributed by atoms with E-state index in [9.17, 15) is 0 Å². The van der Waals surface area contributed by atoms with Crippen molar-refractivity contribution in [3.05, 3.63) is 170 Å². The zero-order valence-electron chi connectivity index (χ0n) is 26.6. The minimum atomic E-state index is 0.916. The maximum atomic E-state index is 6.51. The van der Waals surface area contributed by atoms with Crippen LogP contribution >= 0.6 is 0 Å². The molecule has 9 aromatic carbocycles. The second kappa shape index (κ2) is 10.0. The fourth-order valence-electron chi connectivity index (χ4n) is 8.45. The molecule has 0 saturated carbocycles. The van der Waals surface area contributed by atoms with Crippen LogP contribution in [0.15, 0.2) is 174 Å². The van der Waals surface area contributed by atoms with Gasteiger partial charge in [0.25, 0.3) is 0 Å². The second-order valence-electron chi connectivity index (χ2n) is 13.2. The maximum Gasteiger partial charge on any atom is 0.143 e. The Morgan fingerprint density at radius 1 is 0.245 bits per heavy atom. The number of rotatable bonds is 1. The SMILES string of the molecule is c1ccc2c(c1)-c1ccc(-c3cccc4c3oc3ccccc34)cc1-c1ccccc1-c1cc3c4ccccc4c4ccccc4c3cc1-2. The molecule has 0 atom stereocenters. The predicted molar refractivity (Wildman–Crippen MR) is 207 cm³/mol. The van der Waals surface area contributed by atoms with Gasteiger partial charge in [-0.2, -0.15) is 0 Å². The van der Waals surface area contributed by atoms with Crippen molar-refractivity contribution in [2.75, 3.05) is 0 Å². The molecule has 1 aliphatic rings. The van der Waals surface area contributed by atoms with Crippen molar-refractivity contribution in [3.63, 3.8) is 0 Å². The average molecular weight is 621 g/mol. The van der Waals surface area contributed by atoms with Crippen LogP contribution in [0.25, 0.3) is 110 Å². The summed E-state index contributed by atoms with van der Waals surface area (Å²) in [5.41, 5.74) is 14.0. The van der Waals surface area contributed by atoms with Crippen LogP contribution in [0.5, 0.6) is 0 Å². The van der Waals surface area contributed by atoms with Crippen molar-refractivity contribution >= 4 is 54.3 Å². The summed E-state index contributed by atoms with van der Waals surface area (Å²) < 4.78 is 6.51. The monoisotopic (exact) mass is 620 g/mol. The molecule has 1 heterocycles. The quantitative estimate of drug-likeness (QED) is 0.166. The average Bonchev–Trinajstić information content (AvgIpc) is 3.56. The van der Waals surface area contributed by atoms with Gasteiger partial charge < -0.3 is 4.42 Å². The van der Waals surface area contributed by atoms with Crippen LogP contribution in [0.1, 0.15) is 0 Å². The lowest BCUT2D eigenvalue weighted by Crippen LogP contribution is -1.98. The Bertz CT molecular complexity index is 2990. The summed E-state index contributed by atoms with van der Waals surface area (Å²) >= 11 is 0. The van der Waals surface area contributed by atoms with Crippen molar-refractivity contribution in [2.45, 2.75) is 0 Å². The topological polar surface area (TPSA) is 13.1 Å². The Balaban J connectivity index is 1.24. The van der Waals surface area contributed by atoms with Gasteiger partial charge in [0, 0.05) is 16.3 Å². The van der Waals surface area contributed by atoms with E-state index in [4.69, 9.17) is 4.42 Å². The summed E-state index contributed by atoms with van der Waals surface area (Å²) in [6.45, 7) is 0. The summed E-state index contributed by atoms with van der Waals surface area (Å²) in [4.78, 5) is 0. The van der Waals surface area contributed by atoms with Gasteiger partial charge in [-0.15, -0.1) is 0 Å². The third-order valence-electron chi connectivity index (χ3n) is 10.6. The molecule has 0 fully saturated rings. The van der Waals surface area contributed by atoms with E-state index in [1.54, 1.807) is 0 Å². The van der Waals surface area contributed by atoms with Crippen LogP contribution in [0, 0.1) is 0 Å². The zero-order chi connectivity index (χ0) is 32.1. The summed E-state index contributed by atoms with van der Waals surface area (Å²) in [6, 6.07) is 62.3. The Labute approximate surface area is 283 Å². The Kier molecular flexibility index (Phi) is 5.45. The summed E-state index contributed by atoms with van der Waals surface area (Å²) in [6.07, 6.45) is 0. The van der Waals surface area contributed by atoms with Crippen LogP contribution in [0.4, 0.5) is 0 Å². The molecule has 1 nitrogen and oxygen atoms in total. The van der Waals surface area contributed by atoms with Crippen molar-refractivity contribution in [1.82, 2.24) is 0 Å². The van der Waals surface area contributed by atoms with Crippen LogP contribution in [-0.4, -0.2) is 0 Å². The molecular weight excluding hydrogens is 593 g/mol. The lowest BCUT2D eigenvalue weighted by molar-refractivity contribution is 0.670. The van der Waals surface area contributed by atoms with E-state index in [2.05, 4.69) is 164 Å². The number of hydrogen-bond donors (Lipinski definition) is 0. The van der Waals surface area contributed by atoms with E-state index in [0.717, 1.165) is 33.1 Å². The van der Waals surface area contributed by atoms with Gasteiger partial charge in [-0.05, 0) is 107 Å². The minimum absolute atomic E-state index is 0.916. The molecule has 0 amide bonds. The van der Waals surface area contributed by atoms with E-state index in [1.807, 2.05) is 6.07 Å². The minimum Gasteiger partial charge on any atom is -0.455 e. The molecule has 1 aliphatic carbocycles. The standard InChI is InChI=1S/C48H28O/c1-4-15-34-31(12-1)32-13-2-5-16-35(32)44-28-46-38-19-8-7-18-37(38)42-26-29(30-21-11-22-41-40-20-9-10-23-47(40)49-48(30)41)24-25-39(42)33-14-3-6-17-36(33)45(46)27-43(34)44/h1-28H. The molecule has 0 aliphatic heterocycles. The van der Waals surface area contributed by atoms with Crippen LogP contribution in [-0.2, 0) is 0 Å². The molecule has 1 heteroatoms. The normalized spacial score (nSPS) is 12.1. The summed E-state index contributed by atoms with van der Waals surface area (Å²) in [7, 11) is 0. The number of para-hydroxylation sites is 2. The smallest absolute Gasteiger partial charge is 0.143 e. The number of furan rings is 1. The highest BCUT2D eigenvalue weighted by molar-refractivity contribution is 6.27. The first-order chi connectivity index (χ1) is 24.3. The molecule has 0 saturated heterocycles. The Morgan fingerprint density at radius 2 is 0.653 bits per heavy atom. The highest BCUT2D eigenvalue weighted by Gasteiger charge is 2.24. The highest BCUT2D eigenvalue weighted by atomic mass is 16.3. The van der Waals surface area contributed by atoms with Gasteiger partial charge in [0.05, 0.1) is 0 Å². The van der Waals surface area contributed by atoms with Crippen molar-refractivity contribution in [2.24, 2.45) is 0 Å². The van der Waals surface area contributed by atoms with Gasteiger partial charge in [0.15, 0.2) is 0 Å². The maximum absolute atomic E-state index is 6.51. The molecule has 49 heavy (non-hydrogen) atoms. The molecule has 10 aromatic rings. The van der Waals surface area contributed by atoms with E-state index < -0.39 is 0 Å². The third-order valence-corrected chi connectivity index (χ3v) is 10.6. The van der Waals surface area contributed by atoms with Crippen molar-refractivity contribution in [3.8, 4) is 55.6 Å². The molecule has 0 radical (unpaired) electrons. The van der Waals surface area contributed by atoms with E-state index in [-0.39, 0.29) is 0 Å². The van der Waals surface area contributed by atoms with E-state index >= 15 is 0 Å². The van der Waals surface area contributed by atoms with Gasteiger partial charge in [-0.3, -0.25) is 0 Å². The van der Waals surface area contributed by atoms with Gasteiger partial charge >= 0.3 is 0 Å². The van der Waals surface area contributed by atoms with Crippen molar-refractivity contribution in [1.29, 1.82) is 0 Å². The molecule has 11 rings (SSSR count). The predicted octanol–water partition coefficient (Wildman–Crippen LogP) is 13.7. The number of benzene rings is 9. The lowest BCUT2D eigenvalue weighted by atomic mass is 9.78.